The first-order valence-electron chi connectivity index (χ1n) is 3.89. The van der Waals surface area contributed by atoms with Gasteiger partial charge in [0.2, 0.25) is 0 Å². The van der Waals surface area contributed by atoms with Gasteiger partial charge in [0.25, 0.3) is 0 Å². The van der Waals surface area contributed by atoms with Crippen molar-refractivity contribution in [2.75, 3.05) is 5.75 Å². The van der Waals surface area contributed by atoms with Gasteiger partial charge in [-0.3, -0.25) is 0 Å². The Bertz CT molecular complexity index is 498. The summed E-state index contributed by atoms with van der Waals surface area (Å²) in [5, 5.41) is 0. The lowest BCUT2D eigenvalue weighted by molar-refractivity contribution is 0.502. The molecule has 1 aromatic rings. The largest absolute Gasteiger partial charge is 0.323 e. The summed E-state index contributed by atoms with van der Waals surface area (Å²) < 4.78 is 48.3. The second kappa shape index (κ2) is 2.74. The molecule has 14 heavy (non-hydrogen) atoms. The molecule has 1 aliphatic heterocycles. The highest BCUT2D eigenvalue weighted by Gasteiger charge is 2.33. The van der Waals surface area contributed by atoms with Crippen molar-refractivity contribution in [2.24, 2.45) is 5.73 Å². The number of rotatable bonds is 0. The van der Waals surface area contributed by atoms with Gasteiger partial charge in [0.1, 0.15) is 0 Å². The van der Waals surface area contributed by atoms with E-state index in [1.165, 1.54) is 0 Å². The first-order valence-corrected chi connectivity index (χ1v) is 5.54. The Morgan fingerprint density at radius 2 is 1.86 bits per heavy atom. The predicted octanol–water partition coefficient (Wildman–Crippen LogP) is 0.752. The van der Waals surface area contributed by atoms with Crippen LogP contribution in [0.3, 0.4) is 0 Å². The Morgan fingerprint density at radius 3 is 2.50 bits per heavy atom. The van der Waals surface area contributed by atoms with E-state index in [4.69, 9.17) is 5.73 Å². The summed E-state index contributed by atoms with van der Waals surface area (Å²) in [5.74, 6) is -2.52. The van der Waals surface area contributed by atoms with E-state index in [2.05, 4.69) is 0 Å². The number of sulfone groups is 1. The molecule has 2 rings (SSSR count). The number of nitrogens with two attached hydrogens (primary N) is 1. The molecule has 0 saturated heterocycles. The fourth-order valence-corrected chi connectivity index (χ4v) is 3.20. The van der Waals surface area contributed by atoms with E-state index >= 15 is 0 Å². The molecule has 1 atom stereocenters. The van der Waals surface area contributed by atoms with Gasteiger partial charge >= 0.3 is 0 Å². The molecule has 0 aromatic heterocycles. The number of hydrogen-bond acceptors (Lipinski definition) is 3. The zero-order valence-electron chi connectivity index (χ0n) is 7.00. The predicted molar refractivity (Wildman–Crippen MR) is 45.3 cm³/mol. The summed E-state index contributed by atoms with van der Waals surface area (Å²) in [5.41, 5.74) is 5.63. The summed E-state index contributed by atoms with van der Waals surface area (Å²) in [6, 6.07) is 0.775. The maximum absolute atomic E-state index is 12.8. The maximum Gasteiger partial charge on any atom is 0.180 e. The Kier molecular flexibility index (Phi) is 1.87. The Hall–Kier alpha value is -1.01. The highest BCUT2D eigenvalue weighted by Crippen LogP contribution is 2.33. The fraction of sp³-hybridized carbons (Fsp3) is 0.250. The van der Waals surface area contributed by atoms with Crippen LogP contribution in [0.4, 0.5) is 8.78 Å². The zero-order valence-corrected chi connectivity index (χ0v) is 7.81. The van der Waals surface area contributed by atoms with E-state index < -0.39 is 27.5 Å². The van der Waals surface area contributed by atoms with Crippen LogP contribution in [-0.4, -0.2) is 14.2 Å². The molecule has 0 amide bonds. The molecule has 0 aliphatic carbocycles. The van der Waals surface area contributed by atoms with E-state index in [0.717, 1.165) is 6.07 Å². The van der Waals surface area contributed by atoms with Crippen molar-refractivity contribution in [1.82, 2.24) is 0 Å². The summed E-state index contributed by atoms with van der Waals surface area (Å²) in [7, 11) is -3.53. The average molecular weight is 219 g/mol. The maximum atomic E-state index is 12.8. The fourth-order valence-electron chi connectivity index (χ4n) is 1.52. The minimum absolute atomic E-state index is 0.156. The third-order valence-electron chi connectivity index (χ3n) is 2.19. The standard InChI is InChI=1S/C8H7F2NO2S/c9-5-1-4-7(11)3-14(12,13)8(4)2-6(5)10/h1-2,7H,3,11H2. The van der Waals surface area contributed by atoms with Crippen molar-refractivity contribution in [3.63, 3.8) is 0 Å². The van der Waals surface area contributed by atoms with Gasteiger partial charge in [-0.25, -0.2) is 17.2 Å². The van der Waals surface area contributed by atoms with Gasteiger partial charge in [-0.15, -0.1) is 0 Å². The first-order chi connectivity index (χ1) is 6.42. The van der Waals surface area contributed by atoms with Crippen molar-refractivity contribution in [1.29, 1.82) is 0 Å². The second-order valence-corrected chi connectivity index (χ2v) is 5.19. The molecule has 1 aliphatic rings. The average Bonchev–Trinajstić information content (AvgIpc) is 2.26. The normalized spacial score (nSPS) is 23.5. The van der Waals surface area contributed by atoms with Gasteiger partial charge in [0.05, 0.1) is 10.6 Å². The third kappa shape index (κ3) is 1.22. The lowest BCUT2D eigenvalue weighted by Gasteiger charge is -2.02. The smallest absolute Gasteiger partial charge is 0.180 e. The number of hydrogen-bond donors (Lipinski definition) is 1. The van der Waals surface area contributed by atoms with Gasteiger partial charge in [-0.05, 0) is 17.7 Å². The van der Waals surface area contributed by atoms with Crippen LogP contribution in [0.15, 0.2) is 17.0 Å². The minimum Gasteiger partial charge on any atom is -0.323 e. The highest BCUT2D eigenvalue weighted by atomic mass is 32.2. The molecule has 2 N–H and O–H groups in total. The second-order valence-electron chi connectivity index (χ2n) is 3.19. The summed E-state index contributed by atoms with van der Waals surface area (Å²) >= 11 is 0. The molecule has 3 nitrogen and oxygen atoms in total. The first kappa shape index (κ1) is 9.54. The van der Waals surface area contributed by atoms with E-state index in [-0.39, 0.29) is 16.2 Å². The number of benzene rings is 1. The molecule has 0 spiro atoms. The highest BCUT2D eigenvalue weighted by molar-refractivity contribution is 7.91. The molecule has 1 aromatic carbocycles. The van der Waals surface area contributed by atoms with Crippen molar-refractivity contribution in [3.8, 4) is 0 Å². The molecule has 0 radical (unpaired) electrons. The number of halogens is 2. The molecule has 6 heteroatoms. The van der Waals surface area contributed by atoms with Crippen molar-refractivity contribution < 1.29 is 17.2 Å². The van der Waals surface area contributed by atoms with Crippen LogP contribution < -0.4 is 5.73 Å². The lowest BCUT2D eigenvalue weighted by atomic mass is 10.1. The molecule has 0 bridgehead atoms. The van der Waals surface area contributed by atoms with E-state index in [1.807, 2.05) is 0 Å². The van der Waals surface area contributed by atoms with Gasteiger partial charge in [-0.1, -0.05) is 0 Å². The van der Waals surface area contributed by atoms with E-state index in [0.29, 0.717) is 6.07 Å². The quantitative estimate of drug-likeness (QED) is 0.655. The number of fused-ring (bicyclic) bond motifs is 1. The van der Waals surface area contributed by atoms with Crippen molar-refractivity contribution in [3.05, 3.63) is 29.3 Å². The summed E-state index contributed by atoms with van der Waals surface area (Å²) in [4.78, 5) is -0.191. The summed E-state index contributed by atoms with van der Waals surface area (Å²) in [6.07, 6.45) is 0. The Balaban J connectivity index is 2.77. The van der Waals surface area contributed by atoms with Crippen LogP contribution in [0.1, 0.15) is 11.6 Å². The van der Waals surface area contributed by atoms with Gasteiger partial charge in [-0.2, -0.15) is 0 Å². The molecular weight excluding hydrogens is 212 g/mol. The topological polar surface area (TPSA) is 60.2 Å². The van der Waals surface area contributed by atoms with Gasteiger partial charge < -0.3 is 5.73 Å². The van der Waals surface area contributed by atoms with Crippen molar-refractivity contribution >= 4 is 9.84 Å². The van der Waals surface area contributed by atoms with Crippen LogP contribution in [0, 0.1) is 11.6 Å². The third-order valence-corrected chi connectivity index (χ3v) is 4.01. The zero-order chi connectivity index (χ0) is 10.5. The van der Waals surface area contributed by atoms with Gasteiger partial charge in [0, 0.05) is 6.04 Å². The molecule has 76 valence electrons. The molecule has 1 unspecified atom stereocenters. The van der Waals surface area contributed by atoms with Crippen LogP contribution in [0.2, 0.25) is 0 Å². The van der Waals surface area contributed by atoms with Crippen molar-refractivity contribution in [2.45, 2.75) is 10.9 Å². The summed E-state index contributed by atoms with van der Waals surface area (Å²) in [6.45, 7) is 0. The van der Waals surface area contributed by atoms with Crippen LogP contribution in [-0.2, 0) is 9.84 Å². The molecule has 1 heterocycles. The lowest BCUT2D eigenvalue weighted by Crippen LogP contribution is -2.12. The molecule has 0 saturated carbocycles. The Labute approximate surface area is 79.5 Å². The SMILES string of the molecule is NC1CS(=O)(=O)c2cc(F)c(F)cc21. The Morgan fingerprint density at radius 1 is 1.29 bits per heavy atom. The molecular formula is C8H7F2NO2S. The monoisotopic (exact) mass is 219 g/mol. The van der Waals surface area contributed by atoms with E-state index in [9.17, 15) is 17.2 Å². The molecule has 0 fully saturated rings. The van der Waals surface area contributed by atoms with Crippen LogP contribution in [0.25, 0.3) is 0 Å². The van der Waals surface area contributed by atoms with Gasteiger partial charge in [0.15, 0.2) is 21.5 Å². The van der Waals surface area contributed by atoms with E-state index in [1.54, 1.807) is 0 Å². The minimum atomic E-state index is -3.53. The van der Waals surface area contributed by atoms with Crippen LogP contribution in [0.5, 0.6) is 0 Å². The van der Waals surface area contributed by atoms with Crippen LogP contribution >= 0.6 is 0 Å².